The number of nitrogens with zero attached hydrogens (tertiary/aromatic N) is 2. The molecule has 1 N–H and O–H groups in total. The third-order valence-corrected chi connectivity index (χ3v) is 4.82. The standard InChI is InChI=1S/C20H21F3N2O3/c1-20(2)25(19(27)18(22)23)16(9-21)17(28-20)13-5-3-12(4-6-13)14-7-8-15(11-26)24-10-14/h3-8,10,16-18,26H,9,11H2,1-2H3/t16-,17-/m1/s1. The molecule has 8 heteroatoms. The van der Waals surface area contributed by atoms with Gasteiger partial charge < -0.3 is 14.7 Å². The van der Waals surface area contributed by atoms with Crippen molar-refractivity contribution in [2.45, 2.75) is 44.8 Å². The molecule has 0 spiro atoms. The van der Waals surface area contributed by atoms with E-state index in [1.165, 1.54) is 13.8 Å². The molecule has 150 valence electrons. The van der Waals surface area contributed by atoms with E-state index < -0.39 is 36.9 Å². The van der Waals surface area contributed by atoms with Gasteiger partial charge in [-0.3, -0.25) is 9.78 Å². The maximum atomic E-state index is 13.7. The Morgan fingerprint density at radius 1 is 1.21 bits per heavy atom. The van der Waals surface area contributed by atoms with Crippen molar-refractivity contribution < 1.29 is 27.8 Å². The molecule has 0 radical (unpaired) electrons. The topological polar surface area (TPSA) is 62.7 Å². The Bertz CT molecular complexity index is 826. The van der Waals surface area contributed by atoms with Crippen LogP contribution in [0.4, 0.5) is 13.2 Å². The second kappa shape index (κ2) is 7.89. The molecule has 0 bridgehead atoms. The number of aromatic nitrogens is 1. The lowest BCUT2D eigenvalue weighted by Gasteiger charge is -2.32. The molecule has 5 nitrogen and oxygen atoms in total. The van der Waals surface area contributed by atoms with Gasteiger partial charge in [0, 0.05) is 11.8 Å². The minimum absolute atomic E-state index is 0.146. The maximum Gasteiger partial charge on any atom is 0.315 e. The summed E-state index contributed by atoms with van der Waals surface area (Å²) in [4.78, 5) is 16.8. The molecule has 0 unspecified atom stereocenters. The SMILES string of the molecule is CC1(C)O[C@H](c2ccc(-c3ccc(CO)nc3)cc2)[C@@H](CF)N1C(=O)C(F)F. The number of aliphatic hydroxyl groups excluding tert-OH is 1. The predicted molar refractivity (Wildman–Crippen MR) is 96.1 cm³/mol. The van der Waals surface area contributed by atoms with Crippen molar-refractivity contribution in [1.29, 1.82) is 0 Å². The van der Waals surface area contributed by atoms with Crippen LogP contribution in [-0.4, -0.2) is 45.8 Å². The van der Waals surface area contributed by atoms with Crippen molar-refractivity contribution in [2.24, 2.45) is 0 Å². The van der Waals surface area contributed by atoms with Gasteiger partial charge in [-0.25, -0.2) is 4.39 Å². The van der Waals surface area contributed by atoms with Crippen LogP contribution in [0.1, 0.15) is 31.2 Å². The van der Waals surface area contributed by atoms with Gasteiger partial charge in [0.1, 0.15) is 18.5 Å². The van der Waals surface area contributed by atoms with Crippen LogP contribution in [0, 0.1) is 0 Å². The van der Waals surface area contributed by atoms with Crippen molar-refractivity contribution in [1.82, 2.24) is 9.88 Å². The average Bonchev–Trinajstić information content (AvgIpc) is 2.97. The first kappa shape index (κ1) is 20.3. The van der Waals surface area contributed by atoms with E-state index in [1.807, 2.05) is 6.07 Å². The number of carbonyl (C=O) groups excluding carboxylic acids is 1. The first-order valence-corrected chi connectivity index (χ1v) is 8.79. The van der Waals surface area contributed by atoms with Gasteiger partial charge in [-0.15, -0.1) is 0 Å². The Hall–Kier alpha value is -2.45. The summed E-state index contributed by atoms with van der Waals surface area (Å²) in [5.41, 5.74) is 1.46. The molecule has 0 saturated carbocycles. The van der Waals surface area contributed by atoms with Crippen LogP contribution in [0.15, 0.2) is 42.6 Å². The lowest BCUT2D eigenvalue weighted by Crippen LogP contribution is -2.51. The largest absolute Gasteiger partial charge is 0.390 e. The summed E-state index contributed by atoms with van der Waals surface area (Å²) in [5, 5.41) is 9.06. The quantitative estimate of drug-likeness (QED) is 0.844. The van der Waals surface area contributed by atoms with Crippen LogP contribution < -0.4 is 0 Å². The number of rotatable bonds is 5. The highest BCUT2D eigenvalue weighted by molar-refractivity contribution is 5.80. The molecule has 28 heavy (non-hydrogen) atoms. The fraction of sp³-hybridized carbons (Fsp3) is 0.400. The normalized spacial score (nSPS) is 21.3. The van der Waals surface area contributed by atoms with E-state index in [-0.39, 0.29) is 6.61 Å². The van der Waals surface area contributed by atoms with Crippen LogP contribution >= 0.6 is 0 Å². The van der Waals surface area contributed by atoms with Gasteiger partial charge in [0.15, 0.2) is 0 Å². The molecule has 2 aromatic rings. The molecular weight excluding hydrogens is 373 g/mol. The van der Waals surface area contributed by atoms with Crippen molar-refractivity contribution >= 4 is 5.91 Å². The summed E-state index contributed by atoms with van der Waals surface area (Å²) in [6.07, 6.45) is -2.46. The molecule has 1 saturated heterocycles. The number of halogens is 3. The third-order valence-electron chi connectivity index (χ3n) is 4.82. The van der Waals surface area contributed by atoms with E-state index in [0.29, 0.717) is 11.3 Å². The zero-order chi connectivity index (χ0) is 20.5. The predicted octanol–water partition coefficient (Wildman–Crippen LogP) is 3.48. The van der Waals surface area contributed by atoms with E-state index in [2.05, 4.69) is 4.98 Å². The van der Waals surface area contributed by atoms with Crippen molar-refractivity contribution in [3.63, 3.8) is 0 Å². The van der Waals surface area contributed by atoms with Gasteiger partial charge in [-0.2, -0.15) is 8.78 Å². The van der Waals surface area contributed by atoms with E-state index in [0.717, 1.165) is 16.0 Å². The molecular formula is C20H21F3N2O3. The maximum absolute atomic E-state index is 13.7. The molecule has 2 atom stereocenters. The Kier molecular flexibility index (Phi) is 5.71. The molecule has 1 fully saturated rings. The highest BCUT2D eigenvalue weighted by atomic mass is 19.3. The third kappa shape index (κ3) is 3.74. The molecule has 0 aliphatic carbocycles. The van der Waals surface area contributed by atoms with Crippen LogP contribution in [0.3, 0.4) is 0 Å². The van der Waals surface area contributed by atoms with Gasteiger partial charge in [0.25, 0.3) is 5.91 Å². The van der Waals surface area contributed by atoms with Gasteiger partial charge >= 0.3 is 6.43 Å². The van der Waals surface area contributed by atoms with E-state index in [9.17, 15) is 18.0 Å². The molecule has 2 heterocycles. The van der Waals surface area contributed by atoms with Gasteiger partial charge in [-0.05, 0) is 31.0 Å². The number of amides is 1. The average molecular weight is 394 g/mol. The summed E-state index contributed by atoms with van der Waals surface area (Å²) < 4.78 is 45.4. The number of alkyl halides is 3. The van der Waals surface area contributed by atoms with E-state index >= 15 is 0 Å². The summed E-state index contributed by atoms with van der Waals surface area (Å²) in [7, 11) is 0. The summed E-state index contributed by atoms with van der Waals surface area (Å²) in [6, 6.07) is 9.40. The number of pyridine rings is 1. The number of benzene rings is 1. The number of aliphatic hydroxyl groups is 1. The van der Waals surface area contributed by atoms with Crippen LogP contribution in [0.2, 0.25) is 0 Å². The summed E-state index contributed by atoms with van der Waals surface area (Å²) in [6.45, 7) is 1.80. The van der Waals surface area contributed by atoms with Crippen molar-refractivity contribution in [3.05, 3.63) is 53.9 Å². The molecule has 1 aliphatic heterocycles. The number of hydrogen-bond donors (Lipinski definition) is 1. The van der Waals surface area contributed by atoms with Gasteiger partial charge in [0.05, 0.1) is 18.3 Å². The van der Waals surface area contributed by atoms with Gasteiger partial charge in [-0.1, -0.05) is 30.3 Å². The van der Waals surface area contributed by atoms with Crippen molar-refractivity contribution in [3.8, 4) is 11.1 Å². The Labute approximate surface area is 160 Å². The lowest BCUT2D eigenvalue weighted by atomic mass is 9.99. The second-order valence-electron chi connectivity index (χ2n) is 7.03. The molecule has 1 amide bonds. The Balaban J connectivity index is 1.87. The summed E-state index contributed by atoms with van der Waals surface area (Å²) in [5.74, 6) is -1.44. The monoisotopic (exact) mass is 394 g/mol. The fourth-order valence-corrected chi connectivity index (χ4v) is 3.51. The molecule has 1 aromatic heterocycles. The number of hydrogen-bond acceptors (Lipinski definition) is 4. The first-order valence-electron chi connectivity index (χ1n) is 8.79. The zero-order valence-electron chi connectivity index (χ0n) is 15.5. The molecule has 1 aromatic carbocycles. The smallest absolute Gasteiger partial charge is 0.315 e. The zero-order valence-corrected chi connectivity index (χ0v) is 15.5. The lowest BCUT2D eigenvalue weighted by molar-refractivity contribution is -0.159. The highest BCUT2D eigenvalue weighted by Crippen LogP contribution is 2.42. The fourth-order valence-electron chi connectivity index (χ4n) is 3.51. The van der Waals surface area contributed by atoms with E-state index in [4.69, 9.17) is 9.84 Å². The second-order valence-corrected chi connectivity index (χ2v) is 7.03. The van der Waals surface area contributed by atoms with Crippen LogP contribution in [0.25, 0.3) is 11.1 Å². The molecule has 1 aliphatic rings. The van der Waals surface area contributed by atoms with Crippen LogP contribution in [-0.2, 0) is 16.1 Å². The van der Waals surface area contributed by atoms with E-state index in [1.54, 1.807) is 36.5 Å². The minimum atomic E-state index is -3.23. The highest BCUT2D eigenvalue weighted by Gasteiger charge is 2.52. The van der Waals surface area contributed by atoms with Gasteiger partial charge in [0.2, 0.25) is 0 Å². The Morgan fingerprint density at radius 2 is 1.86 bits per heavy atom. The minimum Gasteiger partial charge on any atom is -0.390 e. The summed E-state index contributed by atoms with van der Waals surface area (Å²) >= 11 is 0. The number of carbonyl (C=O) groups is 1. The Morgan fingerprint density at radius 3 is 2.36 bits per heavy atom. The van der Waals surface area contributed by atoms with Crippen molar-refractivity contribution in [2.75, 3.05) is 6.67 Å². The molecule has 3 rings (SSSR count). The van der Waals surface area contributed by atoms with Crippen LogP contribution in [0.5, 0.6) is 0 Å². The first-order chi connectivity index (χ1) is 13.3. The number of ether oxygens (including phenoxy) is 1.